The fourth-order valence-electron chi connectivity index (χ4n) is 2.16. The van der Waals surface area contributed by atoms with E-state index in [4.69, 9.17) is 0 Å². The predicted octanol–water partition coefficient (Wildman–Crippen LogP) is 3.03. The van der Waals surface area contributed by atoms with E-state index < -0.39 is 0 Å². The van der Waals surface area contributed by atoms with E-state index in [9.17, 15) is 9.90 Å². The molecule has 0 amide bonds. The Morgan fingerprint density at radius 3 is 2.67 bits per heavy atom. The summed E-state index contributed by atoms with van der Waals surface area (Å²) in [5, 5.41) is 9.80. The highest BCUT2D eigenvalue weighted by molar-refractivity contribution is 5.99. The number of rotatable bonds is 1. The number of carbonyl (C=O) groups is 1. The van der Waals surface area contributed by atoms with Gasteiger partial charge < -0.3 is 5.11 Å². The van der Waals surface area contributed by atoms with Crippen LogP contribution in [0.5, 0.6) is 5.75 Å². The zero-order valence-corrected chi connectivity index (χ0v) is 9.21. The van der Waals surface area contributed by atoms with Crippen LogP contribution in [0.2, 0.25) is 0 Å². The molecule has 80 valence electrons. The lowest BCUT2D eigenvalue weighted by molar-refractivity contribution is 0.0972. The molecule has 0 spiro atoms. The van der Waals surface area contributed by atoms with Crippen LogP contribution in [-0.2, 0) is 6.42 Å². The monoisotopic (exact) mass is 204 g/mol. The number of Topliss-reactive ketones (excluding diaryl/α,β-unsaturated/α-hetero) is 1. The average molecular weight is 204 g/mol. The Morgan fingerprint density at radius 1 is 1.27 bits per heavy atom. The number of fused-ring (bicyclic) bond motifs is 1. The molecule has 1 aromatic carbocycles. The fourth-order valence-corrected chi connectivity index (χ4v) is 2.16. The van der Waals surface area contributed by atoms with Gasteiger partial charge in [0.25, 0.3) is 0 Å². The molecule has 1 aromatic rings. The highest BCUT2D eigenvalue weighted by atomic mass is 16.3. The third-order valence-corrected chi connectivity index (χ3v) is 3.02. The van der Waals surface area contributed by atoms with Crippen LogP contribution in [-0.4, -0.2) is 10.9 Å². The number of phenolic OH excluding ortho intramolecular Hbond substituents is 1. The number of hydrogen-bond donors (Lipinski definition) is 1. The summed E-state index contributed by atoms with van der Waals surface area (Å²) in [7, 11) is 0. The molecular weight excluding hydrogens is 188 g/mol. The normalized spacial score (nSPS) is 15.5. The summed E-state index contributed by atoms with van der Waals surface area (Å²) in [6.45, 7) is 4.10. The van der Waals surface area contributed by atoms with Crippen LogP contribution >= 0.6 is 0 Å². The van der Waals surface area contributed by atoms with Crippen molar-refractivity contribution >= 4 is 5.78 Å². The van der Waals surface area contributed by atoms with Crippen LogP contribution in [0.25, 0.3) is 0 Å². The summed E-state index contributed by atoms with van der Waals surface area (Å²) in [5.74, 6) is 0.730. The number of aryl methyl sites for hydroxylation is 1. The molecule has 0 bridgehead atoms. The van der Waals surface area contributed by atoms with Gasteiger partial charge in [-0.2, -0.15) is 0 Å². The topological polar surface area (TPSA) is 37.3 Å². The first-order chi connectivity index (χ1) is 7.09. The zero-order chi connectivity index (χ0) is 11.0. The van der Waals surface area contributed by atoms with Gasteiger partial charge >= 0.3 is 0 Å². The van der Waals surface area contributed by atoms with E-state index >= 15 is 0 Å². The van der Waals surface area contributed by atoms with E-state index in [1.807, 2.05) is 19.9 Å². The Kier molecular flexibility index (Phi) is 2.51. The van der Waals surface area contributed by atoms with Gasteiger partial charge in [0, 0.05) is 12.0 Å². The number of aromatic hydroxyl groups is 1. The van der Waals surface area contributed by atoms with E-state index in [0.717, 1.165) is 29.5 Å². The minimum atomic E-state index is 0.168. The minimum Gasteiger partial charge on any atom is -0.508 e. The number of ketones is 1. The summed E-state index contributed by atoms with van der Waals surface area (Å²) in [4.78, 5) is 11.6. The van der Waals surface area contributed by atoms with E-state index in [2.05, 4.69) is 0 Å². The number of benzene rings is 1. The molecule has 0 radical (unpaired) electrons. The molecule has 0 aliphatic heterocycles. The first-order valence-corrected chi connectivity index (χ1v) is 5.48. The smallest absolute Gasteiger partial charge is 0.163 e. The summed E-state index contributed by atoms with van der Waals surface area (Å²) < 4.78 is 0. The Morgan fingerprint density at radius 2 is 2.00 bits per heavy atom. The highest BCUT2D eigenvalue weighted by Crippen LogP contribution is 2.32. The lowest BCUT2D eigenvalue weighted by Crippen LogP contribution is -2.11. The molecule has 2 rings (SSSR count). The Bertz CT molecular complexity index is 405. The number of hydrogen-bond acceptors (Lipinski definition) is 2. The molecule has 0 unspecified atom stereocenters. The minimum absolute atomic E-state index is 0.168. The number of phenols is 1. The van der Waals surface area contributed by atoms with Gasteiger partial charge in [-0.3, -0.25) is 4.79 Å². The molecular formula is C13H16O2. The summed E-state index contributed by atoms with van der Waals surface area (Å²) in [6, 6.07) is 3.64. The van der Waals surface area contributed by atoms with E-state index in [-0.39, 0.29) is 11.5 Å². The molecule has 0 atom stereocenters. The highest BCUT2D eigenvalue weighted by Gasteiger charge is 2.20. The first-order valence-electron chi connectivity index (χ1n) is 5.48. The van der Waals surface area contributed by atoms with E-state index in [0.29, 0.717) is 12.3 Å². The Labute approximate surface area is 89.9 Å². The van der Waals surface area contributed by atoms with Crippen LogP contribution in [0.1, 0.15) is 54.1 Å². The van der Waals surface area contributed by atoms with Crippen molar-refractivity contribution < 1.29 is 9.90 Å². The van der Waals surface area contributed by atoms with Crippen molar-refractivity contribution in [3.05, 3.63) is 28.8 Å². The third kappa shape index (κ3) is 1.76. The molecule has 1 aliphatic carbocycles. The van der Waals surface area contributed by atoms with Crippen molar-refractivity contribution in [3.63, 3.8) is 0 Å². The quantitative estimate of drug-likeness (QED) is 0.763. The standard InChI is InChI=1S/C13H16O2/c1-8(2)10-6-9-4-3-5-12(14)11(9)7-13(10)15/h6-8,15H,3-5H2,1-2H3. The Hall–Kier alpha value is -1.31. The fraction of sp³-hybridized carbons (Fsp3) is 0.462. The lowest BCUT2D eigenvalue weighted by Gasteiger charge is -2.18. The van der Waals surface area contributed by atoms with E-state index in [1.54, 1.807) is 6.07 Å². The summed E-state index contributed by atoms with van der Waals surface area (Å²) in [6.07, 6.45) is 2.52. The van der Waals surface area contributed by atoms with Gasteiger partial charge in [0.2, 0.25) is 0 Å². The van der Waals surface area contributed by atoms with Gasteiger partial charge in [-0.25, -0.2) is 0 Å². The van der Waals surface area contributed by atoms with E-state index in [1.165, 1.54) is 0 Å². The van der Waals surface area contributed by atoms with Gasteiger partial charge in [-0.1, -0.05) is 19.9 Å². The molecule has 1 aliphatic rings. The second-order valence-electron chi connectivity index (χ2n) is 4.50. The van der Waals surface area contributed by atoms with Crippen LogP contribution in [0.4, 0.5) is 0 Å². The molecule has 2 nitrogen and oxygen atoms in total. The van der Waals surface area contributed by atoms with Crippen LogP contribution in [0.3, 0.4) is 0 Å². The largest absolute Gasteiger partial charge is 0.508 e. The molecule has 2 heteroatoms. The van der Waals surface area contributed by atoms with Crippen molar-refractivity contribution in [1.29, 1.82) is 0 Å². The lowest BCUT2D eigenvalue weighted by atomic mass is 9.87. The maximum atomic E-state index is 11.6. The molecule has 0 saturated carbocycles. The molecule has 0 saturated heterocycles. The second kappa shape index (κ2) is 3.69. The SMILES string of the molecule is CC(C)c1cc2c(cc1O)C(=O)CCC2. The molecule has 0 aromatic heterocycles. The summed E-state index contributed by atoms with van der Waals surface area (Å²) >= 11 is 0. The van der Waals surface area contributed by atoms with Gasteiger partial charge in [-0.15, -0.1) is 0 Å². The van der Waals surface area contributed by atoms with Crippen molar-refractivity contribution in [1.82, 2.24) is 0 Å². The maximum absolute atomic E-state index is 11.6. The van der Waals surface area contributed by atoms with Crippen LogP contribution < -0.4 is 0 Å². The van der Waals surface area contributed by atoms with Gasteiger partial charge in [-0.05, 0) is 36.0 Å². The van der Waals surface area contributed by atoms with Crippen molar-refractivity contribution in [2.45, 2.75) is 39.0 Å². The zero-order valence-electron chi connectivity index (χ0n) is 9.21. The van der Waals surface area contributed by atoms with Gasteiger partial charge in [0.15, 0.2) is 5.78 Å². The van der Waals surface area contributed by atoms with Crippen LogP contribution in [0.15, 0.2) is 12.1 Å². The average Bonchev–Trinajstić information content (AvgIpc) is 2.18. The maximum Gasteiger partial charge on any atom is 0.163 e. The Balaban J connectivity index is 2.54. The molecule has 0 heterocycles. The molecule has 1 N–H and O–H groups in total. The summed E-state index contributed by atoms with van der Waals surface area (Å²) in [5.41, 5.74) is 2.78. The van der Waals surface area contributed by atoms with Gasteiger partial charge in [0.1, 0.15) is 5.75 Å². The number of carbonyl (C=O) groups excluding carboxylic acids is 1. The van der Waals surface area contributed by atoms with Crippen molar-refractivity contribution in [2.24, 2.45) is 0 Å². The third-order valence-electron chi connectivity index (χ3n) is 3.02. The first kappa shape index (κ1) is 10.2. The molecule has 15 heavy (non-hydrogen) atoms. The molecule has 0 fully saturated rings. The van der Waals surface area contributed by atoms with Gasteiger partial charge in [0.05, 0.1) is 0 Å². The predicted molar refractivity (Wildman–Crippen MR) is 59.5 cm³/mol. The second-order valence-corrected chi connectivity index (χ2v) is 4.50. The van der Waals surface area contributed by atoms with Crippen LogP contribution in [0, 0.1) is 0 Å². The van der Waals surface area contributed by atoms with Crippen molar-refractivity contribution in [3.8, 4) is 5.75 Å². The van der Waals surface area contributed by atoms with Crippen molar-refractivity contribution in [2.75, 3.05) is 0 Å².